The second kappa shape index (κ2) is 8.14. The summed E-state index contributed by atoms with van der Waals surface area (Å²) in [5, 5.41) is 5.93. The number of rotatable bonds is 5. The van der Waals surface area contributed by atoms with Gasteiger partial charge in [-0.15, -0.1) is 0 Å². The lowest BCUT2D eigenvalue weighted by Crippen LogP contribution is -2.42. The van der Waals surface area contributed by atoms with Gasteiger partial charge in [-0.1, -0.05) is 18.2 Å². The number of likely N-dealkylation sites (N-methyl/N-ethyl adjacent to an activating group) is 1. The molecule has 5 nitrogen and oxygen atoms in total. The Morgan fingerprint density at radius 3 is 2.60 bits per heavy atom. The zero-order valence-corrected chi connectivity index (χ0v) is 12.1. The molecule has 2 N–H and O–H groups in total. The van der Waals surface area contributed by atoms with Crippen molar-refractivity contribution in [3.63, 3.8) is 0 Å². The Kier molecular flexibility index (Phi) is 6.49. The van der Waals surface area contributed by atoms with Crippen LogP contribution in [0.5, 0.6) is 0 Å². The van der Waals surface area contributed by atoms with Gasteiger partial charge >= 0.3 is 0 Å². The highest BCUT2D eigenvalue weighted by Gasteiger charge is 2.05. The number of carbonyl (C=O) groups is 1. The Bertz CT molecular complexity index is 474. The van der Waals surface area contributed by atoms with Crippen molar-refractivity contribution >= 4 is 11.9 Å². The number of nitrogens with zero attached hydrogens (tertiary/aromatic N) is 2. The summed E-state index contributed by atoms with van der Waals surface area (Å²) in [6, 6.07) is 6.50. The first-order valence-corrected chi connectivity index (χ1v) is 6.50. The number of nitrogens with one attached hydrogen (secondary N) is 2. The van der Waals surface area contributed by atoms with E-state index < -0.39 is 0 Å². The highest BCUT2D eigenvalue weighted by Crippen LogP contribution is 2.07. The smallest absolute Gasteiger partial charge is 0.241 e. The fourth-order valence-corrected chi connectivity index (χ4v) is 1.45. The minimum Gasteiger partial charge on any atom is -0.357 e. The van der Waals surface area contributed by atoms with Crippen molar-refractivity contribution in [2.75, 3.05) is 27.2 Å². The molecular formula is C14H21FN4O. The van der Waals surface area contributed by atoms with E-state index in [9.17, 15) is 9.18 Å². The van der Waals surface area contributed by atoms with E-state index in [1.165, 1.54) is 11.0 Å². The van der Waals surface area contributed by atoms with Crippen molar-refractivity contribution in [3.05, 3.63) is 35.6 Å². The maximum atomic E-state index is 13.5. The fraction of sp³-hybridized carbons (Fsp3) is 0.429. The molecule has 110 valence electrons. The van der Waals surface area contributed by atoms with Crippen LogP contribution in [0.4, 0.5) is 4.39 Å². The van der Waals surface area contributed by atoms with Gasteiger partial charge in [0.1, 0.15) is 5.82 Å². The summed E-state index contributed by atoms with van der Waals surface area (Å²) in [5.41, 5.74) is 0.517. The minimum atomic E-state index is -0.281. The minimum absolute atomic E-state index is 0.0542. The summed E-state index contributed by atoms with van der Waals surface area (Å²) < 4.78 is 13.5. The van der Waals surface area contributed by atoms with Crippen LogP contribution in [0, 0.1) is 5.82 Å². The summed E-state index contributed by atoms with van der Waals surface area (Å²) in [6.07, 6.45) is 0. The fourth-order valence-electron chi connectivity index (χ4n) is 1.45. The Morgan fingerprint density at radius 1 is 1.30 bits per heavy atom. The second-order valence-corrected chi connectivity index (χ2v) is 4.43. The van der Waals surface area contributed by atoms with Gasteiger partial charge in [0.05, 0.1) is 13.1 Å². The first-order chi connectivity index (χ1) is 9.54. The van der Waals surface area contributed by atoms with Crippen LogP contribution in [-0.2, 0) is 11.3 Å². The average molecular weight is 280 g/mol. The molecule has 0 unspecified atom stereocenters. The van der Waals surface area contributed by atoms with E-state index in [4.69, 9.17) is 0 Å². The van der Waals surface area contributed by atoms with Crippen LogP contribution in [0.2, 0.25) is 0 Å². The molecule has 1 rings (SSSR count). The van der Waals surface area contributed by atoms with Crippen molar-refractivity contribution in [3.8, 4) is 0 Å². The summed E-state index contributed by atoms with van der Waals surface area (Å²) in [6.45, 7) is 2.96. The maximum Gasteiger partial charge on any atom is 0.241 e. The van der Waals surface area contributed by atoms with Gasteiger partial charge in [0.2, 0.25) is 5.91 Å². The van der Waals surface area contributed by atoms with Gasteiger partial charge in [0, 0.05) is 26.2 Å². The standard InChI is InChI=1S/C14H21FN4O/c1-4-16-14(18-10-13(20)19(2)3)17-9-11-7-5-6-8-12(11)15/h5-8H,4,9-10H2,1-3H3,(H2,16,17,18). The third-order valence-corrected chi connectivity index (χ3v) is 2.62. The van der Waals surface area contributed by atoms with Gasteiger partial charge < -0.3 is 15.5 Å². The largest absolute Gasteiger partial charge is 0.357 e. The van der Waals surface area contributed by atoms with Gasteiger partial charge in [0.25, 0.3) is 0 Å². The molecule has 0 fully saturated rings. The topological polar surface area (TPSA) is 56.7 Å². The van der Waals surface area contributed by atoms with E-state index in [1.807, 2.05) is 6.92 Å². The molecule has 6 heteroatoms. The molecule has 0 aliphatic carbocycles. The van der Waals surface area contributed by atoms with E-state index >= 15 is 0 Å². The summed E-state index contributed by atoms with van der Waals surface area (Å²) in [5.74, 6) is 0.156. The van der Waals surface area contributed by atoms with E-state index in [0.29, 0.717) is 18.1 Å². The second-order valence-electron chi connectivity index (χ2n) is 4.43. The first kappa shape index (κ1) is 15.9. The van der Waals surface area contributed by atoms with Gasteiger partial charge in [-0.3, -0.25) is 4.79 Å². The lowest BCUT2D eigenvalue weighted by Gasteiger charge is -2.14. The molecule has 0 aromatic heterocycles. The van der Waals surface area contributed by atoms with Crippen molar-refractivity contribution < 1.29 is 9.18 Å². The van der Waals surface area contributed by atoms with E-state index in [0.717, 1.165) is 0 Å². The molecule has 1 aromatic rings. The quantitative estimate of drug-likeness (QED) is 0.624. The number of hydrogen-bond acceptors (Lipinski definition) is 2. The van der Waals surface area contributed by atoms with E-state index in [-0.39, 0.29) is 24.8 Å². The van der Waals surface area contributed by atoms with Gasteiger partial charge in [-0.25, -0.2) is 9.38 Å². The molecule has 0 aliphatic heterocycles. The molecule has 0 aliphatic rings. The molecule has 0 atom stereocenters. The average Bonchev–Trinajstić information content (AvgIpc) is 2.43. The third-order valence-electron chi connectivity index (χ3n) is 2.62. The molecule has 20 heavy (non-hydrogen) atoms. The van der Waals surface area contributed by atoms with E-state index in [1.54, 1.807) is 32.3 Å². The molecule has 0 saturated heterocycles. The van der Waals surface area contributed by atoms with Crippen LogP contribution in [0.25, 0.3) is 0 Å². The SMILES string of the molecule is CCNC(=NCc1ccccc1F)NCC(=O)N(C)C. The highest BCUT2D eigenvalue weighted by molar-refractivity contribution is 5.86. The normalized spacial score (nSPS) is 11.1. The van der Waals surface area contributed by atoms with Crippen LogP contribution in [0.1, 0.15) is 12.5 Å². The lowest BCUT2D eigenvalue weighted by atomic mass is 10.2. The molecule has 1 amide bonds. The van der Waals surface area contributed by atoms with Crippen molar-refractivity contribution in [2.24, 2.45) is 4.99 Å². The number of benzene rings is 1. The highest BCUT2D eigenvalue weighted by atomic mass is 19.1. The molecule has 0 saturated carbocycles. The van der Waals surface area contributed by atoms with Crippen LogP contribution in [0.3, 0.4) is 0 Å². The van der Waals surface area contributed by atoms with Crippen molar-refractivity contribution in [1.82, 2.24) is 15.5 Å². The first-order valence-electron chi connectivity index (χ1n) is 6.50. The Morgan fingerprint density at radius 2 is 2.00 bits per heavy atom. The van der Waals surface area contributed by atoms with Crippen LogP contribution in [0.15, 0.2) is 29.3 Å². The van der Waals surface area contributed by atoms with Crippen molar-refractivity contribution in [2.45, 2.75) is 13.5 Å². The molecule has 1 aromatic carbocycles. The van der Waals surface area contributed by atoms with Gasteiger partial charge in [0.15, 0.2) is 5.96 Å². The zero-order valence-electron chi connectivity index (χ0n) is 12.1. The van der Waals surface area contributed by atoms with Crippen LogP contribution in [-0.4, -0.2) is 44.0 Å². The number of halogens is 1. The summed E-state index contributed by atoms with van der Waals surface area (Å²) in [4.78, 5) is 17.3. The molecule has 0 spiro atoms. The van der Waals surface area contributed by atoms with E-state index in [2.05, 4.69) is 15.6 Å². The van der Waals surface area contributed by atoms with Gasteiger partial charge in [-0.2, -0.15) is 0 Å². The molecule has 0 bridgehead atoms. The summed E-state index contributed by atoms with van der Waals surface area (Å²) >= 11 is 0. The monoisotopic (exact) mass is 280 g/mol. The molecular weight excluding hydrogens is 259 g/mol. The number of hydrogen-bond donors (Lipinski definition) is 2. The Balaban J connectivity index is 2.63. The molecule has 0 heterocycles. The Hall–Kier alpha value is -2.11. The maximum absolute atomic E-state index is 13.5. The predicted octanol–water partition coefficient (Wildman–Crippen LogP) is 0.969. The number of aliphatic imine (C=N–C) groups is 1. The van der Waals surface area contributed by atoms with Crippen molar-refractivity contribution in [1.29, 1.82) is 0 Å². The lowest BCUT2D eigenvalue weighted by molar-refractivity contribution is -0.127. The summed E-state index contributed by atoms with van der Waals surface area (Å²) in [7, 11) is 3.38. The van der Waals surface area contributed by atoms with Gasteiger partial charge in [-0.05, 0) is 13.0 Å². The number of carbonyl (C=O) groups excluding carboxylic acids is 1. The van der Waals surface area contributed by atoms with Crippen LogP contribution < -0.4 is 10.6 Å². The predicted molar refractivity (Wildman–Crippen MR) is 77.9 cm³/mol. The van der Waals surface area contributed by atoms with Crippen LogP contribution >= 0.6 is 0 Å². The zero-order chi connectivity index (χ0) is 15.0. The number of guanidine groups is 1. The molecule has 0 radical (unpaired) electrons. The number of amides is 1. The third kappa shape index (κ3) is 5.26. The Labute approximate surface area is 118 Å².